The van der Waals surface area contributed by atoms with Crippen molar-refractivity contribution < 1.29 is 45.3 Å². The minimum atomic E-state index is -0.407. The second-order valence-electron chi connectivity index (χ2n) is 9.34. The van der Waals surface area contributed by atoms with E-state index in [-0.39, 0.29) is 43.5 Å². The van der Waals surface area contributed by atoms with Crippen molar-refractivity contribution in [3.63, 3.8) is 0 Å². The predicted octanol–water partition coefficient (Wildman–Crippen LogP) is 4.95. The molecule has 0 aromatic carbocycles. The largest absolute Gasteiger partial charge is 1.00 e. The molecule has 0 spiro atoms. The van der Waals surface area contributed by atoms with Crippen LogP contribution in [0.3, 0.4) is 0 Å². The van der Waals surface area contributed by atoms with Crippen molar-refractivity contribution in [1.29, 1.82) is 0 Å². The average Bonchev–Trinajstić information content (AvgIpc) is 2.73. The minimum Gasteiger partial charge on any atom is -1.00 e. The monoisotopic (exact) mass is 463 g/mol. The number of carbonyl (C=O) groups excluding carboxylic acids is 2. The third-order valence-electron chi connectivity index (χ3n) is 6.00. The van der Waals surface area contributed by atoms with Crippen molar-refractivity contribution in [3.8, 4) is 0 Å². The van der Waals surface area contributed by atoms with Crippen LogP contribution in [0, 0.1) is 0 Å². The molecule has 0 aliphatic carbocycles. The van der Waals surface area contributed by atoms with Gasteiger partial charge in [0.05, 0.1) is 6.54 Å². The van der Waals surface area contributed by atoms with Gasteiger partial charge >= 0.3 is 41.5 Å². The summed E-state index contributed by atoms with van der Waals surface area (Å²) in [6.45, 7) is 5.59. The summed E-state index contributed by atoms with van der Waals surface area (Å²) >= 11 is 0. The molecule has 32 heavy (non-hydrogen) atoms. The Morgan fingerprint density at radius 3 is 1.41 bits per heavy atom. The van der Waals surface area contributed by atoms with Gasteiger partial charge in [0.2, 0.25) is 0 Å². The molecule has 4 nitrogen and oxygen atoms in total. The van der Waals surface area contributed by atoms with Gasteiger partial charge in [-0.3, -0.25) is 14.5 Å². The van der Waals surface area contributed by atoms with E-state index in [2.05, 4.69) is 13.8 Å². The van der Waals surface area contributed by atoms with Crippen molar-refractivity contribution in [3.05, 3.63) is 0 Å². The summed E-state index contributed by atoms with van der Waals surface area (Å²) in [6.07, 6.45) is 24.4. The van der Waals surface area contributed by atoms with Crippen LogP contribution in [-0.2, 0) is 14.3 Å². The van der Waals surface area contributed by atoms with Crippen LogP contribution in [0.4, 0.5) is 0 Å². The third-order valence-corrected chi connectivity index (χ3v) is 6.00. The van der Waals surface area contributed by atoms with E-state index in [4.69, 9.17) is 4.74 Å². The fourth-order valence-corrected chi connectivity index (χ4v) is 3.96. The second-order valence-corrected chi connectivity index (χ2v) is 9.34. The van der Waals surface area contributed by atoms with Crippen LogP contribution in [0.2, 0.25) is 0 Å². The van der Waals surface area contributed by atoms with E-state index in [0.717, 1.165) is 25.8 Å². The Morgan fingerprint density at radius 1 is 0.594 bits per heavy atom. The molecule has 5 heteroatoms. The Balaban J connectivity index is -0.00000450. The molecule has 0 amide bonds. The van der Waals surface area contributed by atoms with Crippen LogP contribution >= 0.6 is 0 Å². The molecule has 0 aliphatic rings. The van der Waals surface area contributed by atoms with E-state index in [0.29, 0.717) is 6.42 Å². The molecule has 0 saturated heterocycles. The van der Waals surface area contributed by atoms with Crippen LogP contribution in [0.1, 0.15) is 144 Å². The van der Waals surface area contributed by atoms with Crippen LogP contribution < -0.4 is 29.6 Å². The SMILES string of the molecule is CCCCCCCCCCCCN(C)CC(=O)OC(=O)CCCCCCCCCCC.[H-].[Na+]. The van der Waals surface area contributed by atoms with E-state index >= 15 is 0 Å². The van der Waals surface area contributed by atoms with Crippen LogP contribution in [0.25, 0.3) is 0 Å². The molecular formula is C27H54NNaO3. The van der Waals surface area contributed by atoms with Gasteiger partial charge in [0.25, 0.3) is 0 Å². The van der Waals surface area contributed by atoms with E-state index in [1.807, 2.05) is 11.9 Å². The van der Waals surface area contributed by atoms with Gasteiger partial charge in [0.15, 0.2) is 0 Å². The number of hydrogen-bond acceptors (Lipinski definition) is 4. The summed E-state index contributed by atoms with van der Waals surface area (Å²) < 4.78 is 4.97. The Labute approximate surface area is 223 Å². The van der Waals surface area contributed by atoms with Gasteiger partial charge in [0.1, 0.15) is 0 Å². The molecule has 0 aliphatic heterocycles. The first-order valence-corrected chi connectivity index (χ1v) is 13.5. The molecule has 0 fully saturated rings. The van der Waals surface area contributed by atoms with Gasteiger partial charge in [-0.05, 0) is 26.4 Å². The minimum absolute atomic E-state index is 0. The van der Waals surface area contributed by atoms with Gasteiger partial charge in [-0.25, -0.2) is 0 Å². The van der Waals surface area contributed by atoms with Crippen LogP contribution in [0.15, 0.2) is 0 Å². The third kappa shape index (κ3) is 26.4. The van der Waals surface area contributed by atoms with Crippen molar-refractivity contribution in [2.45, 2.75) is 142 Å². The maximum atomic E-state index is 11.9. The normalized spacial score (nSPS) is 10.9. The molecule has 0 heterocycles. The van der Waals surface area contributed by atoms with E-state index in [9.17, 15) is 9.59 Å². The average molecular weight is 464 g/mol. The maximum absolute atomic E-state index is 11.9. The van der Waals surface area contributed by atoms with E-state index in [1.165, 1.54) is 103 Å². The summed E-state index contributed by atoms with van der Waals surface area (Å²) in [7, 11) is 1.93. The van der Waals surface area contributed by atoms with E-state index < -0.39 is 5.97 Å². The first kappa shape index (κ1) is 34.3. The summed E-state index contributed by atoms with van der Waals surface area (Å²) in [4.78, 5) is 25.7. The number of likely N-dealkylation sites (N-methyl/N-ethyl adjacent to an activating group) is 1. The smallest absolute Gasteiger partial charge is 1.00 e. The van der Waals surface area contributed by atoms with Crippen LogP contribution in [0.5, 0.6) is 0 Å². The summed E-state index contributed by atoms with van der Waals surface area (Å²) in [5.41, 5.74) is 0. The number of carbonyl (C=O) groups is 2. The topological polar surface area (TPSA) is 46.6 Å². The zero-order valence-electron chi connectivity index (χ0n) is 23.2. The summed E-state index contributed by atoms with van der Waals surface area (Å²) in [6, 6.07) is 0. The quantitative estimate of drug-likeness (QED) is 0.0931. The summed E-state index contributed by atoms with van der Waals surface area (Å²) in [5, 5.41) is 0. The summed E-state index contributed by atoms with van der Waals surface area (Å²) in [5.74, 6) is -0.768. The number of unbranched alkanes of at least 4 members (excludes halogenated alkanes) is 17. The maximum Gasteiger partial charge on any atom is 1.00 e. The van der Waals surface area contributed by atoms with Gasteiger partial charge in [-0.1, -0.05) is 123 Å². The number of rotatable bonds is 23. The standard InChI is InChI=1S/C27H53NO3.Na.H/c1-4-6-8-10-12-14-16-18-20-22-24-28(3)25-27(30)31-26(29)23-21-19-17-15-13-11-9-7-5-2;;/h4-25H2,1-3H3;;/q;+1;-1. The molecule has 0 radical (unpaired) electrons. The Morgan fingerprint density at radius 2 is 0.969 bits per heavy atom. The molecule has 0 unspecified atom stereocenters. The van der Waals surface area contributed by atoms with Crippen molar-refractivity contribution in [2.24, 2.45) is 0 Å². The number of esters is 2. The molecule has 0 saturated carbocycles. The molecule has 0 rings (SSSR count). The van der Waals surface area contributed by atoms with Crippen LogP contribution in [-0.4, -0.2) is 37.0 Å². The molecule has 186 valence electrons. The molecule has 0 atom stereocenters. The number of nitrogens with zero attached hydrogens (tertiary/aromatic N) is 1. The molecule has 0 N–H and O–H groups in total. The van der Waals surface area contributed by atoms with Gasteiger partial charge in [-0.2, -0.15) is 0 Å². The van der Waals surface area contributed by atoms with Crippen molar-refractivity contribution in [2.75, 3.05) is 20.1 Å². The van der Waals surface area contributed by atoms with E-state index in [1.54, 1.807) is 0 Å². The fourth-order valence-electron chi connectivity index (χ4n) is 3.96. The first-order chi connectivity index (χ1) is 15.1. The Kier molecular flexibility index (Phi) is 29.3. The van der Waals surface area contributed by atoms with Crippen molar-refractivity contribution >= 4 is 11.9 Å². The van der Waals surface area contributed by atoms with Gasteiger partial charge < -0.3 is 6.16 Å². The second kappa shape index (κ2) is 27.3. The molecule has 0 aromatic rings. The van der Waals surface area contributed by atoms with Gasteiger partial charge in [0, 0.05) is 6.42 Å². The molecule has 0 aromatic heterocycles. The van der Waals surface area contributed by atoms with Crippen molar-refractivity contribution in [1.82, 2.24) is 4.90 Å². The number of hydrogen-bond donors (Lipinski definition) is 0. The molecule has 0 bridgehead atoms. The molecular weight excluding hydrogens is 409 g/mol. The fraction of sp³-hybridized carbons (Fsp3) is 0.926. The predicted molar refractivity (Wildman–Crippen MR) is 133 cm³/mol. The zero-order valence-corrected chi connectivity index (χ0v) is 24.2. The Bertz CT molecular complexity index is 424. The zero-order chi connectivity index (χ0) is 23.0. The Hall–Kier alpha value is 0.1000. The van der Waals surface area contributed by atoms with Gasteiger partial charge in [-0.15, -0.1) is 0 Å². The number of ether oxygens (including phenoxy) is 1. The first-order valence-electron chi connectivity index (χ1n) is 13.5.